The Labute approximate surface area is 301 Å². The van der Waals surface area contributed by atoms with Gasteiger partial charge in [-0.05, 0) is 116 Å². The van der Waals surface area contributed by atoms with E-state index in [0.717, 1.165) is 30.6 Å². The summed E-state index contributed by atoms with van der Waals surface area (Å²) in [5.74, 6) is 4.99. The molecule has 6 rings (SSSR count). The minimum atomic E-state index is -0.414. The minimum Gasteiger partial charge on any atom is -0.457 e. The van der Waals surface area contributed by atoms with E-state index in [1.807, 2.05) is 24.3 Å². The third kappa shape index (κ3) is 9.15. The second-order valence-corrected chi connectivity index (χ2v) is 14.7. The Bertz CT molecular complexity index is 1600. The van der Waals surface area contributed by atoms with E-state index < -0.39 is 9.85 Å². The lowest BCUT2D eigenvalue weighted by Gasteiger charge is -2.44. The summed E-state index contributed by atoms with van der Waals surface area (Å²) in [6.45, 7) is 2.28. The van der Waals surface area contributed by atoms with Crippen LogP contribution in [0.4, 0.5) is 11.4 Å². The zero-order valence-electron chi connectivity index (χ0n) is 29.7. The maximum atomic E-state index is 11.1. The number of hydrogen-bond donors (Lipinski definition) is 0. The number of nitro groups is 2. The summed E-state index contributed by atoms with van der Waals surface area (Å²) in [5.41, 5.74) is 2.43. The van der Waals surface area contributed by atoms with E-state index in [9.17, 15) is 20.2 Å². The normalized spacial score (nSPS) is 18.9. The predicted molar refractivity (Wildman–Crippen MR) is 201 cm³/mol. The van der Waals surface area contributed by atoms with Crippen LogP contribution in [0.3, 0.4) is 0 Å². The molecule has 2 saturated carbocycles. The summed E-state index contributed by atoms with van der Waals surface area (Å²) in [6, 6.07) is 29.0. The van der Waals surface area contributed by atoms with Gasteiger partial charge in [-0.25, -0.2) is 0 Å². The van der Waals surface area contributed by atoms with Crippen molar-refractivity contribution < 1.29 is 19.3 Å². The van der Waals surface area contributed by atoms with Crippen LogP contribution >= 0.6 is 0 Å². The number of nitro benzene ring substituents is 2. The molecule has 0 unspecified atom stereocenters. The Morgan fingerprint density at radius 1 is 0.549 bits per heavy atom. The number of non-ortho nitro benzene ring substituents is 2. The van der Waals surface area contributed by atoms with Crippen LogP contribution in [0, 0.1) is 38.0 Å². The molecule has 8 nitrogen and oxygen atoms in total. The maximum Gasteiger partial charge on any atom is 0.269 e. The van der Waals surface area contributed by atoms with Crippen molar-refractivity contribution >= 4 is 11.4 Å². The van der Waals surface area contributed by atoms with E-state index in [0.29, 0.717) is 23.0 Å². The first kappa shape index (κ1) is 36.1. The quantitative estimate of drug-likeness (QED) is 0.0698. The molecule has 0 atom stereocenters. The third-order valence-electron chi connectivity index (χ3n) is 11.5. The molecular formula is C43H50N2O6. The van der Waals surface area contributed by atoms with Crippen LogP contribution in [-0.2, 0) is 5.41 Å². The topological polar surface area (TPSA) is 105 Å². The van der Waals surface area contributed by atoms with Crippen LogP contribution in [0.5, 0.6) is 23.0 Å². The molecule has 8 heteroatoms. The first-order valence-electron chi connectivity index (χ1n) is 18.9. The Hall–Kier alpha value is -4.72. The standard InChI is InChI=1S/C43H50N2O6/c1-2-3-4-5-6-7-32-8-10-33(11-9-32)34-28-30-43(31-29-34,35-12-20-39(21-13-35)50-41-24-16-37(17-25-41)44(46)47)36-14-22-40(23-15-36)51-42-26-18-38(19-27-42)45(48)49/h12-27,32-34H,2-11,28-31H2,1H3/t32-,33-. The second-order valence-electron chi connectivity index (χ2n) is 14.7. The third-order valence-corrected chi connectivity index (χ3v) is 11.5. The molecule has 0 radical (unpaired) electrons. The number of hydrogen-bond acceptors (Lipinski definition) is 6. The Morgan fingerprint density at radius 3 is 1.35 bits per heavy atom. The first-order valence-corrected chi connectivity index (χ1v) is 18.9. The van der Waals surface area contributed by atoms with Gasteiger partial charge in [0.25, 0.3) is 11.4 Å². The number of unbranched alkanes of at least 4 members (excludes halogenated alkanes) is 4. The highest BCUT2D eigenvalue weighted by Crippen LogP contribution is 2.51. The van der Waals surface area contributed by atoms with Gasteiger partial charge in [0, 0.05) is 29.7 Å². The zero-order chi connectivity index (χ0) is 35.6. The molecule has 0 saturated heterocycles. The molecular weight excluding hydrogens is 640 g/mol. The van der Waals surface area contributed by atoms with Crippen molar-refractivity contribution in [2.45, 2.75) is 102 Å². The summed E-state index contributed by atoms with van der Waals surface area (Å²) in [6.07, 6.45) is 18.4. The van der Waals surface area contributed by atoms with Gasteiger partial charge in [0.05, 0.1) is 9.85 Å². The van der Waals surface area contributed by atoms with E-state index in [4.69, 9.17) is 9.47 Å². The monoisotopic (exact) mass is 690 g/mol. The highest BCUT2D eigenvalue weighted by atomic mass is 16.6. The maximum absolute atomic E-state index is 11.1. The summed E-state index contributed by atoms with van der Waals surface area (Å²) < 4.78 is 12.1. The lowest BCUT2D eigenvalue weighted by atomic mass is 9.60. The Balaban J connectivity index is 1.15. The number of ether oxygens (including phenoxy) is 2. The Kier molecular flexibility index (Phi) is 12.0. The van der Waals surface area contributed by atoms with Gasteiger partial charge in [-0.1, -0.05) is 82.6 Å². The molecule has 0 spiro atoms. The molecule has 2 aliphatic rings. The van der Waals surface area contributed by atoms with Crippen molar-refractivity contribution in [1.82, 2.24) is 0 Å². The SMILES string of the molecule is CCCCCCC[C@H]1CC[C@H](C2CCC(c3ccc(Oc4ccc([N+](=O)[O-])cc4)cc3)(c3ccc(Oc4ccc([N+](=O)[O-])cc4)cc3)CC2)CC1. The van der Waals surface area contributed by atoms with E-state index in [1.54, 1.807) is 24.3 Å². The smallest absolute Gasteiger partial charge is 0.269 e. The fourth-order valence-electron chi connectivity index (χ4n) is 8.56. The molecule has 0 N–H and O–H groups in total. The second kappa shape index (κ2) is 17.0. The van der Waals surface area contributed by atoms with Gasteiger partial charge in [-0.15, -0.1) is 0 Å². The van der Waals surface area contributed by atoms with Crippen molar-refractivity contribution in [2.75, 3.05) is 0 Å². The summed E-state index contributed by atoms with van der Waals surface area (Å²) >= 11 is 0. The van der Waals surface area contributed by atoms with Gasteiger partial charge < -0.3 is 9.47 Å². The number of rotatable bonds is 15. The highest BCUT2D eigenvalue weighted by molar-refractivity contribution is 5.46. The average molecular weight is 691 g/mol. The van der Waals surface area contributed by atoms with Crippen molar-refractivity contribution in [3.8, 4) is 23.0 Å². The summed E-state index contributed by atoms with van der Waals surface area (Å²) in [7, 11) is 0. The summed E-state index contributed by atoms with van der Waals surface area (Å²) in [5, 5.41) is 22.1. The van der Waals surface area contributed by atoms with Crippen molar-refractivity contribution in [1.29, 1.82) is 0 Å². The molecule has 0 heterocycles. The molecule has 0 bridgehead atoms. The van der Waals surface area contributed by atoms with Gasteiger partial charge in [0.15, 0.2) is 0 Å². The van der Waals surface area contributed by atoms with Crippen molar-refractivity contribution in [3.05, 3.63) is 128 Å². The number of benzene rings is 4. The molecule has 0 aromatic heterocycles. The largest absolute Gasteiger partial charge is 0.457 e. The fourth-order valence-corrected chi connectivity index (χ4v) is 8.56. The summed E-state index contributed by atoms with van der Waals surface area (Å²) in [4.78, 5) is 21.3. The van der Waals surface area contributed by atoms with E-state index >= 15 is 0 Å². The highest BCUT2D eigenvalue weighted by Gasteiger charge is 2.41. The van der Waals surface area contributed by atoms with Crippen LogP contribution in [0.1, 0.15) is 108 Å². The van der Waals surface area contributed by atoms with E-state index in [1.165, 1.54) is 112 Å². The van der Waals surface area contributed by atoms with Gasteiger partial charge >= 0.3 is 0 Å². The predicted octanol–water partition coefficient (Wildman–Crippen LogP) is 12.7. The molecule has 4 aromatic carbocycles. The van der Waals surface area contributed by atoms with E-state index in [-0.39, 0.29) is 16.8 Å². The molecule has 51 heavy (non-hydrogen) atoms. The molecule has 2 fully saturated rings. The van der Waals surface area contributed by atoms with Crippen LogP contribution in [-0.4, -0.2) is 9.85 Å². The Morgan fingerprint density at radius 2 is 0.941 bits per heavy atom. The van der Waals surface area contributed by atoms with Gasteiger partial charge in [-0.2, -0.15) is 0 Å². The average Bonchev–Trinajstić information content (AvgIpc) is 3.16. The van der Waals surface area contributed by atoms with Crippen LogP contribution in [0.25, 0.3) is 0 Å². The van der Waals surface area contributed by atoms with Gasteiger partial charge in [-0.3, -0.25) is 20.2 Å². The first-order chi connectivity index (χ1) is 24.8. The molecule has 268 valence electrons. The molecule has 0 aliphatic heterocycles. The lowest BCUT2D eigenvalue weighted by molar-refractivity contribution is -0.385. The fraction of sp³-hybridized carbons (Fsp3) is 0.442. The van der Waals surface area contributed by atoms with Gasteiger partial charge in [0.1, 0.15) is 23.0 Å². The molecule has 2 aliphatic carbocycles. The van der Waals surface area contributed by atoms with Crippen molar-refractivity contribution in [3.63, 3.8) is 0 Å². The number of nitrogens with zero attached hydrogens (tertiary/aromatic N) is 2. The molecule has 0 amide bonds. The van der Waals surface area contributed by atoms with Crippen LogP contribution < -0.4 is 9.47 Å². The molecule has 4 aromatic rings. The van der Waals surface area contributed by atoms with E-state index in [2.05, 4.69) is 31.2 Å². The van der Waals surface area contributed by atoms with Gasteiger partial charge in [0.2, 0.25) is 0 Å². The van der Waals surface area contributed by atoms with Crippen molar-refractivity contribution in [2.24, 2.45) is 17.8 Å². The minimum absolute atomic E-state index is 0.0326. The zero-order valence-corrected chi connectivity index (χ0v) is 29.7. The lowest BCUT2D eigenvalue weighted by Crippen LogP contribution is -2.35. The van der Waals surface area contributed by atoms with Crippen LogP contribution in [0.2, 0.25) is 0 Å². The van der Waals surface area contributed by atoms with Crippen LogP contribution in [0.15, 0.2) is 97.1 Å².